The van der Waals surface area contributed by atoms with Crippen LogP contribution in [0.5, 0.6) is 0 Å². The van der Waals surface area contributed by atoms with E-state index in [2.05, 4.69) is 4.98 Å². The highest BCUT2D eigenvalue weighted by molar-refractivity contribution is 5.78. The van der Waals surface area contributed by atoms with Gasteiger partial charge in [0.25, 0.3) is 0 Å². The molecule has 2 aliphatic rings. The van der Waals surface area contributed by atoms with Gasteiger partial charge in [-0.3, -0.25) is 9.78 Å². The molecule has 0 radical (unpaired) electrons. The highest BCUT2D eigenvalue weighted by Crippen LogP contribution is 2.32. The first-order valence-corrected chi connectivity index (χ1v) is 7.70. The second-order valence-electron chi connectivity index (χ2n) is 5.71. The molecule has 2 heterocycles. The lowest BCUT2D eigenvalue weighted by molar-refractivity contribution is -0.140. The van der Waals surface area contributed by atoms with Crippen LogP contribution in [-0.2, 0) is 25.6 Å². The predicted molar refractivity (Wildman–Crippen MR) is 79.2 cm³/mol. The monoisotopic (exact) mass is 306 g/mol. The van der Waals surface area contributed by atoms with Gasteiger partial charge in [-0.05, 0) is 24.5 Å². The predicted octanol–water partition coefficient (Wildman–Crippen LogP) is 1.00. The molecule has 22 heavy (non-hydrogen) atoms. The topological polar surface area (TPSA) is 60.9 Å². The van der Waals surface area contributed by atoms with E-state index in [1.165, 1.54) is 0 Å². The Morgan fingerprint density at radius 2 is 2.41 bits per heavy atom. The highest BCUT2D eigenvalue weighted by Gasteiger charge is 2.44. The molecule has 1 aliphatic carbocycles. The molecule has 1 saturated carbocycles. The smallest absolute Gasteiger partial charge is 0.248 e. The zero-order valence-corrected chi connectivity index (χ0v) is 12.8. The first kappa shape index (κ1) is 15.4. The molecular formula is C16H22N2O4. The van der Waals surface area contributed by atoms with Crippen LogP contribution in [0.4, 0.5) is 0 Å². The van der Waals surface area contributed by atoms with Crippen LogP contribution in [0.25, 0.3) is 0 Å². The third-order valence-corrected chi connectivity index (χ3v) is 4.31. The van der Waals surface area contributed by atoms with E-state index < -0.39 is 0 Å². The van der Waals surface area contributed by atoms with Gasteiger partial charge in [0.15, 0.2) is 0 Å². The van der Waals surface area contributed by atoms with Gasteiger partial charge in [0, 0.05) is 26.0 Å². The van der Waals surface area contributed by atoms with Crippen LogP contribution < -0.4 is 0 Å². The van der Waals surface area contributed by atoms with Crippen molar-refractivity contribution >= 4 is 5.91 Å². The third-order valence-electron chi connectivity index (χ3n) is 4.31. The van der Waals surface area contributed by atoms with Gasteiger partial charge in [0.1, 0.15) is 12.7 Å². The van der Waals surface area contributed by atoms with Gasteiger partial charge in [0.2, 0.25) is 5.91 Å². The number of fused-ring (bicyclic) bond motifs is 2. The van der Waals surface area contributed by atoms with Gasteiger partial charge >= 0.3 is 0 Å². The molecule has 3 rings (SSSR count). The Bertz CT molecular complexity index is 496. The Balaban J connectivity index is 1.68. The van der Waals surface area contributed by atoms with Crippen LogP contribution in [0.1, 0.15) is 18.4 Å². The Morgan fingerprint density at radius 1 is 1.50 bits per heavy atom. The fourth-order valence-electron chi connectivity index (χ4n) is 3.30. The molecule has 1 aromatic rings. The van der Waals surface area contributed by atoms with Gasteiger partial charge in [-0.15, -0.1) is 0 Å². The number of carbonyl (C=O) groups excluding carboxylic acids is 1. The van der Waals surface area contributed by atoms with Gasteiger partial charge in [-0.2, -0.15) is 0 Å². The normalized spacial score (nSPS) is 27.7. The largest absolute Gasteiger partial charge is 0.375 e. The number of methoxy groups -OCH3 is 1. The second-order valence-corrected chi connectivity index (χ2v) is 5.71. The fourth-order valence-corrected chi connectivity index (χ4v) is 3.30. The van der Waals surface area contributed by atoms with Crippen LogP contribution >= 0.6 is 0 Å². The van der Waals surface area contributed by atoms with Crippen molar-refractivity contribution in [3.8, 4) is 0 Å². The van der Waals surface area contributed by atoms with Crippen molar-refractivity contribution in [1.82, 2.24) is 9.88 Å². The molecule has 6 nitrogen and oxygen atoms in total. The molecule has 0 unspecified atom stereocenters. The molecular weight excluding hydrogens is 284 g/mol. The molecule has 2 bridgehead atoms. The Morgan fingerprint density at radius 3 is 3.18 bits per heavy atom. The van der Waals surface area contributed by atoms with Crippen LogP contribution in [0.3, 0.4) is 0 Å². The highest BCUT2D eigenvalue weighted by atomic mass is 16.5. The Labute approximate surface area is 130 Å². The molecule has 3 atom stereocenters. The quantitative estimate of drug-likeness (QED) is 0.812. The SMILES string of the molecule is COCC(=O)N1CCO[C@H]2CC[C@H]1[C@@H]2OCc1cccnc1. The minimum absolute atomic E-state index is 0.00799. The minimum Gasteiger partial charge on any atom is -0.375 e. The summed E-state index contributed by atoms with van der Waals surface area (Å²) in [5, 5.41) is 0. The summed E-state index contributed by atoms with van der Waals surface area (Å²) in [7, 11) is 1.54. The van der Waals surface area contributed by atoms with Crippen molar-refractivity contribution in [3.63, 3.8) is 0 Å². The summed E-state index contributed by atoms with van der Waals surface area (Å²) in [6.07, 6.45) is 5.38. The van der Waals surface area contributed by atoms with E-state index in [9.17, 15) is 4.79 Å². The van der Waals surface area contributed by atoms with E-state index in [1.807, 2.05) is 17.0 Å². The van der Waals surface area contributed by atoms with Gasteiger partial charge in [-0.25, -0.2) is 0 Å². The summed E-state index contributed by atoms with van der Waals surface area (Å²) in [5.41, 5.74) is 1.03. The number of ether oxygens (including phenoxy) is 3. The second kappa shape index (κ2) is 7.17. The van der Waals surface area contributed by atoms with Gasteiger partial charge in [0.05, 0.1) is 25.4 Å². The number of carbonyl (C=O) groups is 1. The molecule has 1 aromatic heterocycles. The van der Waals surface area contributed by atoms with E-state index in [-0.39, 0.29) is 30.8 Å². The first-order chi connectivity index (χ1) is 10.8. The summed E-state index contributed by atoms with van der Waals surface area (Å²) in [6.45, 7) is 1.76. The van der Waals surface area contributed by atoms with E-state index in [0.29, 0.717) is 19.8 Å². The van der Waals surface area contributed by atoms with Crippen molar-refractivity contribution in [3.05, 3.63) is 30.1 Å². The molecule has 0 aromatic carbocycles. The van der Waals surface area contributed by atoms with Crippen LogP contribution in [-0.4, -0.2) is 60.9 Å². The maximum Gasteiger partial charge on any atom is 0.248 e. The molecule has 1 saturated heterocycles. The average Bonchev–Trinajstić information content (AvgIpc) is 2.82. The molecule has 1 aliphatic heterocycles. The Hall–Kier alpha value is -1.50. The average molecular weight is 306 g/mol. The number of hydrogen-bond donors (Lipinski definition) is 0. The van der Waals surface area contributed by atoms with E-state index in [1.54, 1.807) is 19.5 Å². The molecule has 2 fully saturated rings. The van der Waals surface area contributed by atoms with Crippen LogP contribution in [0.2, 0.25) is 0 Å². The molecule has 1 amide bonds. The maximum atomic E-state index is 12.2. The van der Waals surface area contributed by atoms with Gasteiger partial charge < -0.3 is 19.1 Å². The van der Waals surface area contributed by atoms with Crippen molar-refractivity contribution in [2.75, 3.05) is 26.9 Å². The zero-order valence-electron chi connectivity index (χ0n) is 12.8. The first-order valence-electron chi connectivity index (χ1n) is 7.70. The summed E-state index contributed by atoms with van der Waals surface area (Å²) < 4.78 is 17.0. The van der Waals surface area contributed by atoms with Crippen LogP contribution in [0, 0.1) is 0 Å². The summed E-state index contributed by atoms with van der Waals surface area (Å²) in [6, 6.07) is 3.96. The van der Waals surface area contributed by atoms with Crippen molar-refractivity contribution < 1.29 is 19.0 Å². The summed E-state index contributed by atoms with van der Waals surface area (Å²) in [4.78, 5) is 18.2. The third kappa shape index (κ3) is 3.29. The van der Waals surface area contributed by atoms with E-state index in [4.69, 9.17) is 14.2 Å². The maximum absolute atomic E-state index is 12.2. The lowest BCUT2D eigenvalue weighted by Gasteiger charge is -2.31. The molecule has 6 heteroatoms. The zero-order chi connectivity index (χ0) is 15.4. The molecule has 0 spiro atoms. The number of pyridine rings is 1. The minimum atomic E-state index is -0.0801. The Kier molecular flexibility index (Phi) is 5.02. The van der Waals surface area contributed by atoms with Gasteiger partial charge in [-0.1, -0.05) is 6.07 Å². The number of rotatable bonds is 5. The number of hydrogen-bond acceptors (Lipinski definition) is 5. The lowest BCUT2D eigenvalue weighted by atomic mass is 10.1. The van der Waals surface area contributed by atoms with Crippen molar-refractivity contribution in [2.24, 2.45) is 0 Å². The van der Waals surface area contributed by atoms with Crippen LogP contribution in [0.15, 0.2) is 24.5 Å². The fraction of sp³-hybridized carbons (Fsp3) is 0.625. The standard InChI is InChI=1S/C16H22N2O4/c1-20-11-15(19)18-7-8-21-14-5-4-13(18)16(14)22-10-12-3-2-6-17-9-12/h2-3,6,9,13-14,16H,4-5,7-8,10-11H2,1H3/t13-,14-,16-/m0/s1. The van der Waals surface area contributed by atoms with Crippen molar-refractivity contribution in [2.45, 2.75) is 37.7 Å². The lowest BCUT2D eigenvalue weighted by Crippen LogP contribution is -2.47. The summed E-state index contributed by atoms with van der Waals surface area (Å²) >= 11 is 0. The summed E-state index contributed by atoms with van der Waals surface area (Å²) in [5.74, 6) is 0.00799. The molecule has 120 valence electrons. The van der Waals surface area contributed by atoms with E-state index in [0.717, 1.165) is 18.4 Å². The van der Waals surface area contributed by atoms with E-state index >= 15 is 0 Å². The number of amides is 1. The molecule has 0 N–H and O–H groups in total. The number of nitrogens with zero attached hydrogens (tertiary/aromatic N) is 2. The van der Waals surface area contributed by atoms with Crippen molar-refractivity contribution in [1.29, 1.82) is 0 Å². The number of aromatic nitrogens is 1.